The van der Waals surface area contributed by atoms with E-state index in [1.165, 1.54) is 6.07 Å². The minimum Gasteiger partial charge on any atom is -0.320 e. The number of carbonyl (C=O) groups is 1. The number of amides is 1. The third kappa shape index (κ3) is 2.98. The quantitative estimate of drug-likeness (QED) is 0.853. The first kappa shape index (κ1) is 13.7. The summed E-state index contributed by atoms with van der Waals surface area (Å²) in [7, 11) is 0. The minimum absolute atomic E-state index is 0.0299. The van der Waals surface area contributed by atoms with Crippen molar-refractivity contribution in [2.24, 2.45) is 0 Å². The Bertz CT molecular complexity index is 643. The van der Waals surface area contributed by atoms with Gasteiger partial charge in [-0.25, -0.2) is 9.37 Å². The van der Waals surface area contributed by atoms with Crippen LogP contribution in [-0.2, 0) is 0 Å². The first-order chi connectivity index (χ1) is 8.99. The zero-order chi connectivity index (χ0) is 14.0. The van der Waals surface area contributed by atoms with Crippen LogP contribution in [-0.4, -0.2) is 10.9 Å². The average molecular weight is 323 g/mol. The molecule has 3 nitrogen and oxygen atoms in total. The van der Waals surface area contributed by atoms with Crippen molar-refractivity contribution in [3.8, 4) is 0 Å². The summed E-state index contributed by atoms with van der Waals surface area (Å²) in [6.07, 6.45) is 0. The number of carbonyl (C=O) groups excluding carboxylic acids is 1. The maximum atomic E-state index is 13.8. The molecule has 0 spiro atoms. The molecule has 1 N–H and O–H groups in total. The highest BCUT2D eigenvalue weighted by atomic mass is 79.9. The smallest absolute Gasteiger partial charge is 0.258 e. The Balaban J connectivity index is 2.28. The zero-order valence-corrected chi connectivity index (χ0v) is 12.1. The number of aryl methyl sites for hydroxylation is 2. The molecule has 5 heteroatoms. The molecule has 0 atom stereocenters. The highest BCUT2D eigenvalue weighted by Crippen LogP contribution is 2.18. The third-order valence-electron chi connectivity index (χ3n) is 2.74. The number of hydrogen-bond acceptors (Lipinski definition) is 2. The van der Waals surface area contributed by atoms with Crippen LogP contribution in [0.4, 0.5) is 10.1 Å². The van der Waals surface area contributed by atoms with Crippen molar-refractivity contribution >= 4 is 27.5 Å². The predicted octanol–water partition coefficient (Wildman–Crippen LogP) is 3.85. The van der Waals surface area contributed by atoms with E-state index >= 15 is 0 Å². The monoisotopic (exact) mass is 322 g/mol. The normalized spacial score (nSPS) is 10.3. The molecule has 0 saturated heterocycles. The molecule has 1 aromatic heterocycles. The molecule has 0 fully saturated rings. The first-order valence-corrected chi connectivity index (χ1v) is 6.48. The summed E-state index contributed by atoms with van der Waals surface area (Å²) in [5.74, 6) is -0.976. The van der Waals surface area contributed by atoms with Gasteiger partial charge in [-0.15, -0.1) is 0 Å². The molecule has 1 amide bonds. The van der Waals surface area contributed by atoms with Gasteiger partial charge >= 0.3 is 0 Å². The van der Waals surface area contributed by atoms with E-state index in [0.717, 1.165) is 0 Å². The maximum absolute atomic E-state index is 13.8. The van der Waals surface area contributed by atoms with Gasteiger partial charge in [0, 0.05) is 0 Å². The molecule has 1 heterocycles. The fourth-order valence-corrected chi connectivity index (χ4v) is 2.07. The summed E-state index contributed by atoms with van der Waals surface area (Å²) in [4.78, 5) is 16.2. The van der Waals surface area contributed by atoms with Crippen LogP contribution < -0.4 is 5.32 Å². The summed E-state index contributed by atoms with van der Waals surface area (Å²) in [6.45, 7) is 3.39. The predicted molar refractivity (Wildman–Crippen MR) is 75.8 cm³/mol. The van der Waals surface area contributed by atoms with Crippen molar-refractivity contribution < 1.29 is 9.18 Å². The van der Waals surface area contributed by atoms with Gasteiger partial charge in [0.25, 0.3) is 5.91 Å². The van der Waals surface area contributed by atoms with Crippen molar-refractivity contribution in [3.63, 3.8) is 0 Å². The number of nitrogens with one attached hydrogen (secondary N) is 1. The lowest BCUT2D eigenvalue weighted by molar-refractivity contribution is 0.102. The number of hydrogen-bond donors (Lipinski definition) is 1. The summed E-state index contributed by atoms with van der Waals surface area (Å²) in [6, 6.07) is 8.17. The van der Waals surface area contributed by atoms with Gasteiger partial charge in [0.15, 0.2) is 0 Å². The maximum Gasteiger partial charge on any atom is 0.258 e. The van der Waals surface area contributed by atoms with E-state index in [-0.39, 0.29) is 5.56 Å². The zero-order valence-electron chi connectivity index (χ0n) is 10.5. The number of rotatable bonds is 2. The van der Waals surface area contributed by atoms with Gasteiger partial charge < -0.3 is 5.32 Å². The Labute approximate surface area is 119 Å². The Morgan fingerprint density at radius 1 is 1.26 bits per heavy atom. The van der Waals surface area contributed by atoms with Gasteiger partial charge in [-0.2, -0.15) is 0 Å². The van der Waals surface area contributed by atoms with E-state index in [2.05, 4.69) is 26.2 Å². The lowest BCUT2D eigenvalue weighted by atomic mass is 10.1. The lowest BCUT2D eigenvalue weighted by Crippen LogP contribution is -2.15. The van der Waals surface area contributed by atoms with Gasteiger partial charge in [-0.05, 0) is 53.5 Å². The largest absolute Gasteiger partial charge is 0.320 e. The number of aromatic nitrogens is 1. The second-order valence-electron chi connectivity index (χ2n) is 4.16. The SMILES string of the molecule is Cc1cccc(C(=O)Nc2ccc(Br)nc2C)c1F. The number of benzene rings is 1. The van der Waals surface area contributed by atoms with E-state index in [1.807, 2.05) is 0 Å². The molecule has 0 aliphatic carbocycles. The lowest BCUT2D eigenvalue weighted by Gasteiger charge is -2.09. The molecule has 0 unspecified atom stereocenters. The van der Waals surface area contributed by atoms with Crippen molar-refractivity contribution in [2.75, 3.05) is 5.32 Å². The number of halogens is 2. The second-order valence-corrected chi connectivity index (χ2v) is 4.97. The number of pyridine rings is 1. The van der Waals surface area contributed by atoms with Gasteiger partial charge in [0.2, 0.25) is 0 Å². The van der Waals surface area contributed by atoms with Crippen molar-refractivity contribution in [3.05, 3.63) is 57.6 Å². The summed E-state index contributed by atoms with van der Waals surface area (Å²) in [5, 5.41) is 2.66. The summed E-state index contributed by atoms with van der Waals surface area (Å²) in [5.41, 5.74) is 1.70. The number of nitrogens with zero attached hydrogens (tertiary/aromatic N) is 1. The molecule has 0 radical (unpaired) electrons. The fourth-order valence-electron chi connectivity index (χ4n) is 1.67. The summed E-state index contributed by atoms with van der Waals surface area (Å²) < 4.78 is 14.5. The second kappa shape index (κ2) is 5.48. The van der Waals surface area contributed by atoms with Gasteiger partial charge in [-0.1, -0.05) is 12.1 Å². The highest BCUT2D eigenvalue weighted by molar-refractivity contribution is 9.10. The van der Waals surface area contributed by atoms with Crippen LogP contribution in [0.25, 0.3) is 0 Å². The molecule has 98 valence electrons. The first-order valence-electron chi connectivity index (χ1n) is 5.68. The summed E-state index contributed by atoms with van der Waals surface area (Å²) >= 11 is 3.24. The van der Waals surface area contributed by atoms with Crippen molar-refractivity contribution in [2.45, 2.75) is 13.8 Å². The van der Waals surface area contributed by atoms with Crippen LogP contribution >= 0.6 is 15.9 Å². The average Bonchev–Trinajstić information content (AvgIpc) is 2.36. The fraction of sp³-hybridized carbons (Fsp3) is 0.143. The molecule has 1 aromatic carbocycles. The third-order valence-corrected chi connectivity index (χ3v) is 3.18. The van der Waals surface area contributed by atoms with Crippen LogP contribution in [0.1, 0.15) is 21.6 Å². The molecule has 2 aromatic rings. The standard InChI is InChI=1S/C14H12BrFN2O/c1-8-4-3-5-10(13(8)16)14(19)18-11-6-7-12(15)17-9(11)2/h3-7H,1-2H3,(H,18,19). The Kier molecular flexibility index (Phi) is 3.95. The van der Waals surface area contributed by atoms with E-state index in [0.29, 0.717) is 21.5 Å². The van der Waals surface area contributed by atoms with Gasteiger partial charge in [0.1, 0.15) is 10.4 Å². The molecule has 0 aliphatic rings. The Morgan fingerprint density at radius 3 is 2.68 bits per heavy atom. The van der Waals surface area contributed by atoms with Crippen LogP contribution in [0.2, 0.25) is 0 Å². The van der Waals surface area contributed by atoms with Gasteiger partial charge in [0.05, 0.1) is 16.9 Å². The highest BCUT2D eigenvalue weighted by Gasteiger charge is 2.14. The topological polar surface area (TPSA) is 42.0 Å². The van der Waals surface area contributed by atoms with Crippen LogP contribution in [0.3, 0.4) is 0 Å². The minimum atomic E-state index is -0.497. The van der Waals surface area contributed by atoms with E-state index < -0.39 is 11.7 Å². The van der Waals surface area contributed by atoms with Crippen molar-refractivity contribution in [1.82, 2.24) is 4.98 Å². The molecule has 0 saturated carbocycles. The van der Waals surface area contributed by atoms with E-state index in [9.17, 15) is 9.18 Å². The van der Waals surface area contributed by atoms with Crippen LogP contribution in [0.15, 0.2) is 34.9 Å². The Hall–Kier alpha value is -1.75. The molecular formula is C14H12BrFN2O. The van der Waals surface area contributed by atoms with Gasteiger partial charge in [-0.3, -0.25) is 4.79 Å². The Morgan fingerprint density at radius 2 is 2.00 bits per heavy atom. The van der Waals surface area contributed by atoms with Crippen LogP contribution in [0.5, 0.6) is 0 Å². The van der Waals surface area contributed by atoms with Crippen LogP contribution in [0, 0.1) is 19.7 Å². The molecule has 2 rings (SSSR count). The van der Waals surface area contributed by atoms with E-state index in [4.69, 9.17) is 0 Å². The molecule has 0 bridgehead atoms. The molecule has 19 heavy (non-hydrogen) atoms. The molecule has 0 aliphatic heterocycles. The van der Waals surface area contributed by atoms with E-state index in [1.54, 1.807) is 38.1 Å². The van der Waals surface area contributed by atoms with Crippen molar-refractivity contribution in [1.29, 1.82) is 0 Å². The number of anilines is 1. The molecular weight excluding hydrogens is 311 g/mol.